The Morgan fingerprint density at radius 1 is 0.966 bits per heavy atom. The van der Waals surface area contributed by atoms with Crippen molar-refractivity contribution in [1.29, 1.82) is 0 Å². The summed E-state index contributed by atoms with van der Waals surface area (Å²) in [6, 6.07) is 12.1. The van der Waals surface area contributed by atoms with Crippen molar-refractivity contribution in [2.24, 2.45) is 0 Å². The molecule has 2 saturated heterocycles. The maximum absolute atomic E-state index is 13.5. The number of aromatic nitrogens is 2. The lowest BCUT2D eigenvalue weighted by molar-refractivity contribution is -0.137. The van der Waals surface area contributed by atoms with Crippen molar-refractivity contribution in [3.8, 4) is 0 Å². The molecule has 0 saturated carbocycles. The Morgan fingerprint density at radius 2 is 1.76 bits per heavy atom. The van der Waals surface area contributed by atoms with Crippen molar-refractivity contribution >= 4 is 23.0 Å². The summed E-state index contributed by atoms with van der Waals surface area (Å²) in [6.07, 6.45) is 5.88. The lowest BCUT2D eigenvalue weighted by atomic mass is 10.1. The van der Waals surface area contributed by atoms with Gasteiger partial charge in [0.25, 0.3) is 6.01 Å². The maximum atomic E-state index is 13.5. The number of fused-ring (bicyclic) bond motifs is 1. The molecule has 0 aliphatic carbocycles. The van der Waals surface area contributed by atoms with Crippen molar-refractivity contribution < 1.29 is 9.21 Å². The number of likely N-dealkylation sites (tertiary alicyclic amines) is 1. The van der Waals surface area contributed by atoms with Gasteiger partial charge >= 0.3 is 0 Å². The predicted molar refractivity (Wildman–Crippen MR) is 111 cm³/mol. The van der Waals surface area contributed by atoms with E-state index >= 15 is 0 Å². The lowest BCUT2D eigenvalue weighted by Gasteiger charge is -2.37. The van der Waals surface area contributed by atoms with Crippen LogP contribution in [-0.2, 0) is 4.79 Å². The van der Waals surface area contributed by atoms with Crippen molar-refractivity contribution in [1.82, 2.24) is 19.8 Å². The minimum Gasteiger partial charge on any atom is -0.423 e. The number of carbonyl (C=O) groups is 1. The number of para-hydroxylation sites is 2. The summed E-state index contributed by atoms with van der Waals surface area (Å²) in [7, 11) is 0. The molecule has 7 nitrogen and oxygen atoms in total. The van der Waals surface area contributed by atoms with Gasteiger partial charge in [0.1, 0.15) is 11.6 Å². The van der Waals surface area contributed by atoms with Gasteiger partial charge in [-0.2, -0.15) is 4.98 Å². The highest BCUT2D eigenvalue weighted by Gasteiger charge is 2.34. The molecule has 0 bridgehead atoms. The van der Waals surface area contributed by atoms with Gasteiger partial charge in [-0.25, -0.2) is 0 Å². The van der Waals surface area contributed by atoms with Crippen LogP contribution in [-0.4, -0.2) is 64.9 Å². The predicted octanol–water partition coefficient (Wildman–Crippen LogP) is 2.71. The van der Waals surface area contributed by atoms with Gasteiger partial charge in [0.2, 0.25) is 5.91 Å². The van der Waals surface area contributed by atoms with Gasteiger partial charge in [-0.3, -0.25) is 14.7 Å². The number of anilines is 1. The highest BCUT2D eigenvalue weighted by Crippen LogP contribution is 2.28. The highest BCUT2D eigenvalue weighted by atomic mass is 16.4. The summed E-state index contributed by atoms with van der Waals surface area (Å²) in [5, 5.41) is 0. The van der Waals surface area contributed by atoms with E-state index in [1.807, 2.05) is 47.5 Å². The molecule has 7 heteroatoms. The van der Waals surface area contributed by atoms with Gasteiger partial charge < -0.3 is 14.2 Å². The molecule has 0 unspecified atom stereocenters. The van der Waals surface area contributed by atoms with Gasteiger partial charge in [-0.05, 0) is 49.7 Å². The van der Waals surface area contributed by atoms with E-state index in [9.17, 15) is 4.79 Å². The molecule has 1 aromatic carbocycles. The molecule has 0 spiro atoms. The Labute approximate surface area is 169 Å². The molecule has 3 aromatic rings. The summed E-state index contributed by atoms with van der Waals surface area (Å²) in [5.74, 6) is 0.178. The van der Waals surface area contributed by atoms with E-state index in [1.165, 1.54) is 0 Å². The third kappa shape index (κ3) is 3.58. The third-order valence-corrected chi connectivity index (χ3v) is 5.88. The summed E-state index contributed by atoms with van der Waals surface area (Å²) in [4.78, 5) is 28.7. The second-order valence-corrected chi connectivity index (χ2v) is 7.71. The first-order valence-electron chi connectivity index (χ1n) is 10.3. The van der Waals surface area contributed by atoms with Crippen LogP contribution < -0.4 is 4.90 Å². The fraction of sp³-hybridized carbons (Fsp3) is 0.409. The van der Waals surface area contributed by atoms with Gasteiger partial charge in [0.05, 0.1) is 0 Å². The standard InChI is InChI=1S/C22H25N5O2/c28-21(20(25-10-3-4-11-25)17-6-5-9-23-16-17)26-12-14-27(15-13-26)22-24-18-7-1-2-8-19(18)29-22/h1-2,5-9,16,20H,3-4,10-15H2/t20-/m1/s1. The normalized spacial score (nSPS) is 19.0. The number of amides is 1. The molecule has 0 N–H and O–H groups in total. The molecule has 1 atom stereocenters. The number of benzene rings is 1. The monoisotopic (exact) mass is 391 g/mol. The second kappa shape index (κ2) is 7.83. The molecular formula is C22H25N5O2. The van der Waals surface area contributed by atoms with Crippen LogP contribution in [0.15, 0.2) is 53.2 Å². The van der Waals surface area contributed by atoms with Gasteiger partial charge in [0.15, 0.2) is 5.58 Å². The Hall–Kier alpha value is -2.93. The zero-order chi connectivity index (χ0) is 19.6. The fourth-order valence-electron chi connectivity index (χ4n) is 4.33. The highest BCUT2D eigenvalue weighted by molar-refractivity contribution is 5.83. The number of carbonyl (C=O) groups excluding carboxylic acids is 1. The quantitative estimate of drug-likeness (QED) is 0.681. The van der Waals surface area contributed by atoms with E-state index in [0.29, 0.717) is 19.1 Å². The molecule has 29 heavy (non-hydrogen) atoms. The van der Waals surface area contributed by atoms with E-state index in [0.717, 1.165) is 55.7 Å². The topological polar surface area (TPSA) is 65.7 Å². The van der Waals surface area contributed by atoms with Crippen LogP contribution in [0.25, 0.3) is 11.1 Å². The fourth-order valence-corrected chi connectivity index (χ4v) is 4.33. The molecule has 2 aliphatic heterocycles. The first-order valence-corrected chi connectivity index (χ1v) is 10.3. The molecular weight excluding hydrogens is 366 g/mol. The van der Waals surface area contributed by atoms with Crippen molar-refractivity contribution in [3.05, 3.63) is 54.4 Å². The molecule has 2 aliphatic rings. The van der Waals surface area contributed by atoms with E-state index in [2.05, 4.69) is 19.8 Å². The first-order chi connectivity index (χ1) is 14.3. The summed E-state index contributed by atoms with van der Waals surface area (Å²) in [5.41, 5.74) is 2.65. The number of hydrogen-bond acceptors (Lipinski definition) is 6. The van der Waals surface area contributed by atoms with Gasteiger partial charge in [-0.15, -0.1) is 0 Å². The van der Waals surface area contributed by atoms with Crippen molar-refractivity contribution in [2.45, 2.75) is 18.9 Å². The smallest absolute Gasteiger partial charge is 0.298 e. The molecule has 5 rings (SSSR count). The van der Waals surface area contributed by atoms with E-state index < -0.39 is 0 Å². The first kappa shape index (κ1) is 18.1. The van der Waals surface area contributed by atoms with Crippen LogP contribution >= 0.6 is 0 Å². The van der Waals surface area contributed by atoms with Gasteiger partial charge in [0, 0.05) is 38.6 Å². The minimum absolute atomic E-state index is 0.178. The van der Waals surface area contributed by atoms with Crippen molar-refractivity contribution in [3.63, 3.8) is 0 Å². The maximum Gasteiger partial charge on any atom is 0.298 e. The van der Waals surface area contributed by atoms with Crippen LogP contribution in [0, 0.1) is 0 Å². The molecule has 0 radical (unpaired) electrons. The zero-order valence-electron chi connectivity index (χ0n) is 16.4. The SMILES string of the molecule is O=C([C@@H](c1cccnc1)N1CCCC1)N1CCN(c2nc3ccccc3o2)CC1. The number of pyridine rings is 1. The minimum atomic E-state index is -0.234. The Kier molecular flexibility index (Phi) is 4.89. The van der Waals surface area contributed by atoms with E-state index in [-0.39, 0.29) is 11.9 Å². The average molecular weight is 391 g/mol. The van der Waals surface area contributed by atoms with Crippen LogP contribution in [0.5, 0.6) is 0 Å². The summed E-state index contributed by atoms with van der Waals surface area (Å²) < 4.78 is 5.90. The molecule has 150 valence electrons. The van der Waals surface area contributed by atoms with Crippen molar-refractivity contribution in [2.75, 3.05) is 44.2 Å². The summed E-state index contributed by atoms with van der Waals surface area (Å²) >= 11 is 0. The molecule has 2 fully saturated rings. The molecule has 4 heterocycles. The Bertz CT molecular complexity index is 942. The number of nitrogens with zero attached hydrogens (tertiary/aromatic N) is 5. The van der Waals surface area contributed by atoms with Crippen LogP contribution in [0.1, 0.15) is 24.4 Å². The summed E-state index contributed by atoms with van der Waals surface area (Å²) in [6.45, 7) is 4.71. The zero-order valence-corrected chi connectivity index (χ0v) is 16.4. The largest absolute Gasteiger partial charge is 0.423 e. The van der Waals surface area contributed by atoms with E-state index in [1.54, 1.807) is 6.20 Å². The van der Waals surface area contributed by atoms with Gasteiger partial charge in [-0.1, -0.05) is 18.2 Å². The van der Waals surface area contributed by atoms with Crippen LogP contribution in [0.2, 0.25) is 0 Å². The Balaban J connectivity index is 1.30. The van der Waals surface area contributed by atoms with Crippen LogP contribution in [0.4, 0.5) is 6.01 Å². The van der Waals surface area contributed by atoms with E-state index in [4.69, 9.17) is 4.42 Å². The number of rotatable bonds is 4. The average Bonchev–Trinajstić information content (AvgIpc) is 3.45. The van der Waals surface area contributed by atoms with Crippen LogP contribution in [0.3, 0.4) is 0 Å². The number of hydrogen-bond donors (Lipinski definition) is 0. The Morgan fingerprint density at radius 3 is 2.48 bits per heavy atom. The third-order valence-electron chi connectivity index (χ3n) is 5.88. The second-order valence-electron chi connectivity index (χ2n) is 7.71. The number of piperazine rings is 1. The lowest BCUT2D eigenvalue weighted by Crippen LogP contribution is -2.52. The number of oxazole rings is 1. The molecule has 2 aromatic heterocycles. The molecule has 1 amide bonds.